The molecule has 1 unspecified atom stereocenters. The summed E-state index contributed by atoms with van der Waals surface area (Å²) >= 11 is 0. The molecule has 1 rings (SSSR count). The first kappa shape index (κ1) is 10.0. The van der Waals surface area contributed by atoms with Crippen LogP contribution < -0.4 is 5.32 Å². The smallest absolute Gasteiger partial charge is 0.0594 e. The van der Waals surface area contributed by atoms with E-state index in [0.29, 0.717) is 6.10 Å². The third kappa shape index (κ3) is 4.73. The summed E-state index contributed by atoms with van der Waals surface area (Å²) in [4.78, 5) is 0. The number of rotatable bonds is 7. The van der Waals surface area contributed by atoms with Crippen molar-refractivity contribution in [2.45, 2.75) is 51.7 Å². The molecule has 0 amide bonds. The van der Waals surface area contributed by atoms with Gasteiger partial charge in [0.25, 0.3) is 0 Å². The summed E-state index contributed by atoms with van der Waals surface area (Å²) in [5.41, 5.74) is 0. The van der Waals surface area contributed by atoms with Crippen LogP contribution in [0.3, 0.4) is 0 Å². The Morgan fingerprint density at radius 2 is 2.25 bits per heavy atom. The summed E-state index contributed by atoms with van der Waals surface area (Å²) in [5, 5.41) is 3.43. The SMILES string of the molecule is CCCC(C)OCCNC1CC1. The van der Waals surface area contributed by atoms with Crippen LogP contribution >= 0.6 is 0 Å². The highest BCUT2D eigenvalue weighted by Crippen LogP contribution is 2.17. The van der Waals surface area contributed by atoms with Crippen molar-refractivity contribution in [1.82, 2.24) is 5.32 Å². The molecule has 2 heteroatoms. The largest absolute Gasteiger partial charge is 0.377 e. The van der Waals surface area contributed by atoms with Crippen LogP contribution in [0.15, 0.2) is 0 Å². The molecule has 0 aromatic heterocycles. The van der Waals surface area contributed by atoms with Gasteiger partial charge in [-0.05, 0) is 26.2 Å². The van der Waals surface area contributed by atoms with Gasteiger partial charge >= 0.3 is 0 Å². The third-order valence-electron chi connectivity index (χ3n) is 2.21. The zero-order valence-electron chi connectivity index (χ0n) is 8.31. The van der Waals surface area contributed by atoms with Crippen LogP contribution in [-0.2, 0) is 4.74 Å². The summed E-state index contributed by atoms with van der Waals surface area (Å²) < 4.78 is 5.60. The highest BCUT2D eigenvalue weighted by Gasteiger charge is 2.19. The van der Waals surface area contributed by atoms with Crippen molar-refractivity contribution in [2.75, 3.05) is 13.2 Å². The molecule has 1 aliphatic rings. The molecule has 0 saturated heterocycles. The van der Waals surface area contributed by atoms with E-state index in [4.69, 9.17) is 4.74 Å². The van der Waals surface area contributed by atoms with E-state index in [0.717, 1.165) is 19.2 Å². The highest BCUT2D eigenvalue weighted by molar-refractivity contribution is 4.80. The topological polar surface area (TPSA) is 21.3 Å². The molecule has 1 saturated carbocycles. The number of ether oxygens (including phenoxy) is 1. The van der Waals surface area contributed by atoms with Gasteiger partial charge in [0.1, 0.15) is 0 Å². The van der Waals surface area contributed by atoms with Gasteiger partial charge < -0.3 is 10.1 Å². The van der Waals surface area contributed by atoms with Gasteiger partial charge in [0.15, 0.2) is 0 Å². The summed E-state index contributed by atoms with van der Waals surface area (Å²) in [6.07, 6.45) is 5.58. The van der Waals surface area contributed by atoms with Crippen LogP contribution in [0.4, 0.5) is 0 Å². The maximum absolute atomic E-state index is 5.60. The fourth-order valence-electron chi connectivity index (χ4n) is 1.30. The molecule has 1 fully saturated rings. The molecule has 0 aromatic rings. The lowest BCUT2D eigenvalue weighted by Gasteiger charge is -2.11. The van der Waals surface area contributed by atoms with Crippen LogP contribution in [0.25, 0.3) is 0 Å². The normalized spacial score (nSPS) is 19.5. The van der Waals surface area contributed by atoms with E-state index in [1.807, 2.05) is 0 Å². The summed E-state index contributed by atoms with van der Waals surface area (Å²) in [6.45, 7) is 6.25. The highest BCUT2D eigenvalue weighted by atomic mass is 16.5. The average Bonchev–Trinajstić information content (AvgIpc) is 2.82. The van der Waals surface area contributed by atoms with Gasteiger partial charge in [-0.3, -0.25) is 0 Å². The number of hydrogen-bond donors (Lipinski definition) is 1. The first-order chi connectivity index (χ1) is 5.83. The predicted molar refractivity (Wildman–Crippen MR) is 51.3 cm³/mol. The van der Waals surface area contributed by atoms with Crippen molar-refractivity contribution in [2.24, 2.45) is 0 Å². The Kier molecular flexibility index (Phi) is 4.62. The Labute approximate surface area is 75.7 Å². The Bertz CT molecular complexity index is 112. The van der Waals surface area contributed by atoms with Crippen LogP contribution in [0.5, 0.6) is 0 Å². The minimum atomic E-state index is 0.441. The zero-order valence-corrected chi connectivity index (χ0v) is 8.31. The molecular formula is C10H21NO. The van der Waals surface area contributed by atoms with Gasteiger partial charge in [-0.25, -0.2) is 0 Å². The fraction of sp³-hybridized carbons (Fsp3) is 1.00. The van der Waals surface area contributed by atoms with E-state index < -0.39 is 0 Å². The van der Waals surface area contributed by atoms with Gasteiger partial charge in [0, 0.05) is 12.6 Å². The summed E-state index contributed by atoms with van der Waals surface area (Å²) in [7, 11) is 0. The maximum atomic E-state index is 5.60. The molecule has 72 valence electrons. The Balaban J connectivity index is 1.80. The van der Waals surface area contributed by atoms with Crippen molar-refractivity contribution in [1.29, 1.82) is 0 Å². The van der Waals surface area contributed by atoms with E-state index in [-0.39, 0.29) is 0 Å². The van der Waals surface area contributed by atoms with Gasteiger partial charge in [-0.15, -0.1) is 0 Å². The number of hydrogen-bond acceptors (Lipinski definition) is 2. The van der Waals surface area contributed by atoms with Crippen molar-refractivity contribution in [3.05, 3.63) is 0 Å². The molecule has 0 bridgehead atoms. The van der Waals surface area contributed by atoms with Gasteiger partial charge in [0.05, 0.1) is 12.7 Å². The van der Waals surface area contributed by atoms with Crippen LogP contribution in [0.2, 0.25) is 0 Å². The average molecular weight is 171 g/mol. The van der Waals surface area contributed by atoms with E-state index in [9.17, 15) is 0 Å². The molecule has 1 N–H and O–H groups in total. The monoisotopic (exact) mass is 171 g/mol. The van der Waals surface area contributed by atoms with Crippen molar-refractivity contribution >= 4 is 0 Å². The first-order valence-electron chi connectivity index (χ1n) is 5.18. The van der Waals surface area contributed by atoms with E-state index in [1.165, 1.54) is 25.7 Å². The van der Waals surface area contributed by atoms with Crippen LogP contribution in [0.1, 0.15) is 39.5 Å². The van der Waals surface area contributed by atoms with Crippen LogP contribution in [-0.4, -0.2) is 25.3 Å². The third-order valence-corrected chi connectivity index (χ3v) is 2.21. The van der Waals surface area contributed by atoms with Gasteiger partial charge in [-0.1, -0.05) is 13.3 Å². The Morgan fingerprint density at radius 1 is 1.50 bits per heavy atom. The zero-order chi connectivity index (χ0) is 8.81. The molecule has 12 heavy (non-hydrogen) atoms. The molecule has 0 aromatic carbocycles. The molecule has 0 radical (unpaired) electrons. The molecule has 1 atom stereocenters. The molecule has 0 heterocycles. The van der Waals surface area contributed by atoms with E-state index in [1.54, 1.807) is 0 Å². The molecule has 2 nitrogen and oxygen atoms in total. The van der Waals surface area contributed by atoms with Crippen molar-refractivity contribution in [3.8, 4) is 0 Å². The predicted octanol–water partition coefficient (Wildman–Crippen LogP) is 1.94. The number of nitrogens with one attached hydrogen (secondary N) is 1. The Hall–Kier alpha value is -0.0800. The maximum Gasteiger partial charge on any atom is 0.0594 e. The van der Waals surface area contributed by atoms with Crippen molar-refractivity contribution in [3.63, 3.8) is 0 Å². The summed E-state index contributed by atoms with van der Waals surface area (Å²) in [5.74, 6) is 0. The first-order valence-corrected chi connectivity index (χ1v) is 5.18. The van der Waals surface area contributed by atoms with Gasteiger partial charge in [-0.2, -0.15) is 0 Å². The second kappa shape index (κ2) is 5.55. The molecular weight excluding hydrogens is 150 g/mol. The van der Waals surface area contributed by atoms with E-state index >= 15 is 0 Å². The molecule has 0 aliphatic heterocycles. The summed E-state index contributed by atoms with van der Waals surface area (Å²) in [6, 6.07) is 0.815. The van der Waals surface area contributed by atoms with Crippen molar-refractivity contribution < 1.29 is 4.74 Å². The second-order valence-corrected chi connectivity index (χ2v) is 3.70. The lowest BCUT2D eigenvalue weighted by Crippen LogP contribution is -2.23. The minimum Gasteiger partial charge on any atom is -0.377 e. The lowest BCUT2D eigenvalue weighted by molar-refractivity contribution is 0.0616. The van der Waals surface area contributed by atoms with E-state index in [2.05, 4.69) is 19.2 Å². The fourth-order valence-corrected chi connectivity index (χ4v) is 1.30. The van der Waals surface area contributed by atoms with Gasteiger partial charge in [0.2, 0.25) is 0 Å². The molecule has 0 spiro atoms. The lowest BCUT2D eigenvalue weighted by atomic mass is 10.2. The minimum absolute atomic E-state index is 0.441. The Morgan fingerprint density at radius 3 is 2.83 bits per heavy atom. The van der Waals surface area contributed by atoms with Crippen LogP contribution in [0, 0.1) is 0 Å². The molecule has 1 aliphatic carbocycles. The second-order valence-electron chi connectivity index (χ2n) is 3.70. The quantitative estimate of drug-likeness (QED) is 0.591. The standard InChI is InChI=1S/C10H21NO/c1-3-4-9(2)12-8-7-11-10-5-6-10/h9-11H,3-8H2,1-2H3.